The molecule has 0 spiro atoms. The third kappa shape index (κ3) is 10.5. The predicted octanol–water partition coefficient (Wildman–Crippen LogP) is 1.65. The Morgan fingerprint density at radius 1 is 1.00 bits per heavy atom. The molecule has 0 aliphatic carbocycles. The first-order chi connectivity index (χ1) is 8.55. The van der Waals surface area contributed by atoms with Gasteiger partial charge in [0, 0.05) is 26.4 Å². The molecule has 2 heterocycles. The molecule has 5 heteroatoms. The SMILES string of the molecule is C1CCOC1.C1CCOC1.CC(C)[C@H](N)C(=O)O. The number of nitrogens with two attached hydrogens (primary N) is 1. The minimum Gasteiger partial charge on any atom is -0.480 e. The molecular formula is C13H27NO4. The molecule has 0 unspecified atom stereocenters. The van der Waals surface area contributed by atoms with Gasteiger partial charge < -0.3 is 20.3 Å². The van der Waals surface area contributed by atoms with E-state index >= 15 is 0 Å². The molecule has 2 saturated heterocycles. The van der Waals surface area contributed by atoms with E-state index in [0.29, 0.717) is 0 Å². The Morgan fingerprint density at radius 3 is 1.39 bits per heavy atom. The van der Waals surface area contributed by atoms with E-state index < -0.39 is 12.0 Å². The zero-order valence-electron chi connectivity index (χ0n) is 11.6. The molecule has 2 aliphatic rings. The van der Waals surface area contributed by atoms with Crippen molar-refractivity contribution in [3.63, 3.8) is 0 Å². The first-order valence-electron chi connectivity index (χ1n) is 6.69. The summed E-state index contributed by atoms with van der Waals surface area (Å²) >= 11 is 0. The molecule has 0 radical (unpaired) electrons. The number of carboxylic acid groups (broad SMARTS) is 1. The van der Waals surface area contributed by atoms with Crippen LogP contribution in [0.5, 0.6) is 0 Å². The van der Waals surface area contributed by atoms with Crippen LogP contribution in [-0.2, 0) is 14.3 Å². The fourth-order valence-corrected chi connectivity index (χ4v) is 1.31. The van der Waals surface area contributed by atoms with Gasteiger partial charge in [-0.1, -0.05) is 13.8 Å². The number of hydrogen-bond acceptors (Lipinski definition) is 4. The zero-order valence-corrected chi connectivity index (χ0v) is 11.6. The lowest BCUT2D eigenvalue weighted by molar-refractivity contribution is -0.139. The van der Waals surface area contributed by atoms with Crippen molar-refractivity contribution in [2.45, 2.75) is 45.6 Å². The molecule has 0 aromatic carbocycles. The van der Waals surface area contributed by atoms with Crippen molar-refractivity contribution in [1.29, 1.82) is 0 Å². The summed E-state index contributed by atoms with van der Waals surface area (Å²) in [4.78, 5) is 10.0. The van der Waals surface area contributed by atoms with E-state index in [1.807, 2.05) is 0 Å². The summed E-state index contributed by atoms with van der Waals surface area (Å²) in [6, 6.07) is -0.713. The van der Waals surface area contributed by atoms with Gasteiger partial charge in [0.15, 0.2) is 0 Å². The van der Waals surface area contributed by atoms with Gasteiger partial charge in [0.05, 0.1) is 0 Å². The monoisotopic (exact) mass is 261 g/mol. The van der Waals surface area contributed by atoms with Crippen LogP contribution in [0, 0.1) is 5.92 Å². The van der Waals surface area contributed by atoms with Crippen molar-refractivity contribution in [1.82, 2.24) is 0 Å². The molecule has 0 bridgehead atoms. The van der Waals surface area contributed by atoms with Crippen molar-refractivity contribution in [2.24, 2.45) is 11.7 Å². The minimum atomic E-state index is -0.931. The van der Waals surface area contributed by atoms with Crippen LogP contribution in [0.1, 0.15) is 39.5 Å². The van der Waals surface area contributed by atoms with Crippen LogP contribution in [0.15, 0.2) is 0 Å². The normalized spacial score (nSPS) is 19.6. The Balaban J connectivity index is 0.000000250. The third-order valence-electron chi connectivity index (χ3n) is 2.66. The van der Waals surface area contributed by atoms with Crippen molar-refractivity contribution < 1.29 is 19.4 Å². The maximum atomic E-state index is 10.0. The van der Waals surface area contributed by atoms with Gasteiger partial charge in [-0.25, -0.2) is 0 Å². The van der Waals surface area contributed by atoms with Crippen molar-refractivity contribution >= 4 is 5.97 Å². The van der Waals surface area contributed by atoms with E-state index in [1.54, 1.807) is 13.8 Å². The highest BCUT2D eigenvalue weighted by molar-refractivity contribution is 5.73. The highest BCUT2D eigenvalue weighted by atomic mass is 16.5. The molecule has 2 rings (SSSR count). The number of rotatable bonds is 2. The van der Waals surface area contributed by atoms with Crippen LogP contribution in [-0.4, -0.2) is 43.5 Å². The fourth-order valence-electron chi connectivity index (χ4n) is 1.31. The topological polar surface area (TPSA) is 81.8 Å². The first-order valence-corrected chi connectivity index (χ1v) is 6.69. The maximum absolute atomic E-state index is 10.0. The molecule has 0 amide bonds. The summed E-state index contributed by atoms with van der Waals surface area (Å²) in [6.07, 6.45) is 5.11. The Bertz CT molecular complexity index is 176. The summed E-state index contributed by atoms with van der Waals surface area (Å²) < 4.78 is 9.89. The molecule has 0 aromatic rings. The predicted molar refractivity (Wildman–Crippen MR) is 70.6 cm³/mol. The molecule has 0 aromatic heterocycles. The van der Waals surface area contributed by atoms with Gasteiger partial charge in [-0.3, -0.25) is 4.79 Å². The lowest BCUT2D eigenvalue weighted by atomic mass is 10.1. The number of hydrogen-bond donors (Lipinski definition) is 2. The molecular weight excluding hydrogens is 234 g/mol. The second-order valence-corrected chi connectivity index (χ2v) is 4.75. The standard InChI is InChI=1S/C5H11NO2.2C4H8O/c1-3(2)4(6)5(7)8;2*1-2-4-5-3-1/h3-4H,6H2,1-2H3,(H,7,8);2*1-4H2/t4-;;/m0../s1. The molecule has 18 heavy (non-hydrogen) atoms. The summed E-state index contributed by atoms with van der Waals surface area (Å²) in [7, 11) is 0. The summed E-state index contributed by atoms with van der Waals surface area (Å²) in [5, 5.41) is 8.23. The largest absolute Gasteiger partial charge is 0.480 e. The van der Waals surface area contributed by atoms with Gasteiger partial charge >= 0.3 is 5.97 Å². The van der Waals surface area contributed by atoms with Crippen LogP contribution in [0.2, 0.25) is 0 Å². The average molecular weight is 261 g/mol. The quantitative estimate of drug-likeness (QED) is 0.790. The van der Waals surface area contributed by atoms with Gasteiger partial charge in [-0.05, 0) is 31.6 Å². The smallest absolute Gasteiger partial charge is 0.320 e. The van der Waals surface area contributed by atoms with Crippen LogP contribution in [0.3, 0.4) is 0 Å². The second kappa shape index (κ2) is 11.4. The summed E-state index contributed by atoms with van der Waals surface area (Å²) in [5.74, 6) is -0.910. The maximum Gasteiger partial charge on any atom is 0.320 e. The van der Waals surface area contributed by atoms with Gasteiger partial charge in [0.25, 0.3) is 0 Å². The lowest BCUT2D eigenvalue weighted by Crippen LogP contribution is -2.34. The third-order valence-corrected chi connectivity index (χ3v) is 2.66. The van der Waals surface area contributed by atoms with Crippen molar-refractivity contribution in [3.8, 4) is 0 Å². The Kier molecular flexibility index (Phi) is 11.0. The van der Waals surface area contributed by atoms with Crippen LogP contribution < -0.4 is 5.73 Å². The van der Waals surface area contributed by atoms with Crippen LogP contribution in [0.4, 0.5) is 0 Å². The summed E-state index contributed by atoms with van der Waals surface area (Å²) in [6.45, 7) is 7.55. The van der Waals surface area contributed by atoms with Crippen LogP contribution >= 0.6 is 0 Å². The number of carbonyl (C=O) groups is 1. The summed E-state index contributed by atoms with van der Waals surface area (Å²) in [5.41, 5.74) is 5.16. The molecule has 1 atom stereocenters. The van der Waals surface area contributed by atoms with Gasteiger partial charge in [-0.15, -0.1) is 0 Å². The first kappa shape index (κ1) is 17.4. The number of ether oxygens (including phenoxy) is 2. The average Bonchev–Trinajstić information content (AvgIpc) is 3.05. The van der Waals surface area contributed by atoms with Crippen LogP contribution in [0.25, 0.3) is 0 Å². The minimum absolute atomic E-state index is 0.0208. The van der Waals surface area contributed by atoms with Crippen molar-refractivity contribution in [2.75, 3.05) is 26.4 Å². The Morgan fingerprint density at radius 2 is 1.33 bits per heavy atom. The molecule has 108 valence electrons. The number of aliphatic carboxylic acids is 1. The molecule has 2 aliphatic heterocycles. The second-order valence-electron chi connectivity index (χ2n) is 4.75. The molecule has 3 N–H and O–H groups in total. The van der Waals surface area contributed by atoms with E-state index in [4.69, 9.17) is 20.3 Å². The van der Waals surface area contributed by atoms with E-state index in [0.717, 1.165) is 26.4 Å². The van der Waals surface area contributed by atoms with E-state index in [9.17, 15) is 4.79 Å². The molecule has 5 nitrogen and oxygen atoms in total. The molecule has 0 saturated carbocycles. The highest BCUT2D eigenvalue weighted by Crippen LogP contribution is 1.99. The zero-order chi connectivity index (χ0) is 13.8. The highest BCUT2D eigenvalue weighted by Gasteiger charge is 2.14. The van der Waals surface area contributed by atoms with E-state index in [2.05, 4.69) is 0 Å². The Hall–Kier alpha value is -0.650. The molecule has 2 fully saturated rings. The Labute approximate surface area is 110 Å². The van der Waals surface area contributed by atoms with Gasteiger partial charge in [0.1, 0.15) is 6.04 Å². The fraction of sp³-hybridized carbons (Fsp3) is 0.923. The van der Waals surface area contributed by atoms with Gasteiger partial charge in [0.2, 0.25) is 0 Å². The van der Waals surface area contributed by atoms with E-state index in [-0.39, 0.29) is 5.92 Å². The van der Waals surface area contributed by atoms with Crippen molar-refractivity contribution in [3.05, 3.63) is 0 Å². The van der Waals surface area contributed by atoms with Gasteiger partial charge in [-0.2, -0.15) is 0 Å². The van der Waals surface area contributed by atoms with E-state index in [1.165, 1.54) is 25.7 Å². The lowest BCUT2D eigenvalue weighted by Gasteiger charge is -2.07. The number of carboxylic acids is 1.